The first-order valence-corrected chi connectivity index (χ1v) is 10.6. The van der Waals surface area contributed by atoms with Crippen LogP contribution in [0.4, 0.5) is 0 Å². The Balaban J connectivity index is 2.41. The molecule has 2 heteroatoms. The van der Waals surface area contributed by atoms with Gasteiger partial charge in [0.25, 0.3) is 0 Å². The molecule has 0 aromatic rings. The standard InChI is InChI=1S/C16H32OSi/c1-7-18(8-2,9-3)16(6)11-10-12-13(17)14(16)15(12,4)5/h12-14,17H,7-11H2,1-6H3. The van der Waals surface area contributed by atoms with E-state index < -0.39 is 8.07 Å². The largest absolute Gasteiger partial charge is 0.392 e. The quantitative estimate of drug-likeness (QED) is 0.734. The van der Waals surface area contributed by atoms with Crippen molar-refractivity contribution in [2.45, 2.75) is 83.7 Å². The highest BCUT2D eigenvalue weighted by molar-refractivity contribution is 6.82. The Bertz CT molecular complexity index is 313. The first kappa shape index (κ1) is 14.6. The van der Waals surface area contributed by atoms with Crippen LogP contribution in [-0.2, 0) is 0 Å². The maximum atomic E-state index is 10.6. The lowest BCUT2D eigenvalue weighted by Gasteiger charge is -2.71. The molecule has 3 rings (SSSR count). The van der Waals surface area contributed by atoms with Crippen molar-refractivity contribution >= 4 is 8.07 Å². The topological polar surface area (TPSA) is 20.2 Å². The zero-order valence-electron chi connectivity index (χ0n) is 13.2. The van der Waals surface area contributed by atoms with E-state index in [4.69, 9.17) is 0 Å². The fraction of sp³-hybridized carbons (Fsp3) is 1.00. The molecule has 0 saturated heterocycles. The van der Waals surface area contributed by atoms with E-state index >= 15 is 0 Å². The van der Waals surface area contributed by atoms with Crippen LogP contribution < -0.4 is 0 Å². The van der Waals surface area contributed by atoms with E-state index in [2.05, 4.69) is 41.5 Å². The van der Waals surface area contributed by atoms with Gasteiger partial charge >= 0.3 is 0 Å². The summed E-state index contributed by atoms with van der Waals surface area (Å²) in [5, 5.41) is 11.0. The Kier molecular flexibility index (Phi) is 3.52. The Morgan fingerprint density at radius 3 is 1.89 bits per heavy atom. The van der Waals surface area contributed by atoms with E-state index in [1.807, 2.05) is 0 Å². The second-order valence-electron chi connectivity index (χ2n) is 7.69. The average molecular weight is 269 g/mol. The monoisotopic (exact) mass is 268 g/mol. The number of fused-ring (bicyclic) bond motifs is 2. The molecular weight excluding hydrogens is 236 g/mol. The van der Waals surface area contributed by atoms with E-state index in [-0.39, 0.29) is 6.10 Å². The van der Waals surface area contributed by atoms with Gasteiger partial charge in [0.2, 0.25) is 0 Å². The SMILES string of the molecule is CC[Si](CC)(CC)C1(C)CCC2C(O)C1C2(C)C. The lowest BCUT2D eigenvalue weighted by molar-refractivity contribution is -0.204. The summed E-state index contributed by atoms with van der Waals surface area (Å²) >= 11 is 0. The van der Waals surface area contributed by atoms with Crippen molar-refractivity contribution in [3.8, 4) is 0 Å². The molecule has 106 valence electrons. The molecule has 2 bridgehead atoms. The normalized spacial score (nSPS) is 42.5. The molecule has 4 atom stereocenters. The van der Waals surface area contributed by atoms with Crippen molar-refractivity contribution < 1.29 is 5.11 Å². The van der Waals surface area contributed by atoms with E-state index in [1.54, 1.807) is 0 Å². The Labute approximate surface area is 114 Å². The first-order chi connectivity index (χ1) is 8.30. The summed E-state index contributed by atoms with van der Waals surface area (Å²) < 4.78 is 0. The molecule has 4 unspecified atom stereocenters. The van der Waals surface area contributed by atoms with Gasteiger partial charge in [0.05, 0.1) is 14.2 Å². The maximum absolute atomic E-state index is 10.6. The third-order valence-electron chi connectivity index (χ3n) is 7.41. The van der Waals surface area contributed by atoms with E-state index in [0.717, 1.165) is 0 Å². The van der Waals surface area contributed by atoms with Crippen LogP contribution in [0.15, 0.2) is 0 Å². The smallest absolute Gasteiger partial charge is 0.0609 e. The van der Waals surface area contributed by atoms with Gasteiger partial charge in [0.15, 0.2) is 0 Å². The van der Waals surface area contributed by atoms with Gasteiger partial charge in [-0.05, 0) is 35.1 Å². The minimum atomic E-state index is -1.26. The molecule has 0 aromatic carbocycles. The van der Waals surface area contributed by atoms with Gasteiger partial charge in [-0.3, -0.25) is 0 Å². The molecule has 0 radical (unpaired) electrons. The van der Waals surface area contributed by atoms with Crippen molar-refractivity contribution in [3.63, 3.8) is 0 Å². The van der Waals surface area contributed by atoms with Gasteiger partial charge < -0.3 is 5.11 Å². The summed E-state index contributed by atoms with van der Waals surface area (Å²) in [4.78, 5) is 0. The van der Waals surface area contributed by atoms with Gasteiger partial charge in [-0.1, -0.05) is 59.7 Å². The zero-order chi connectivity index (χ0) is 13.8. The van der Waals surface area contributed by atoms with Crippen molar-refractivity contribution in [2.75, 3.05) is 0 Å². The van der Waals surface area contributed by atoms with Crippen LogP contribution in [0.5, 0.6) is 0 Å². The highest BCUT2D eigenvalue weighted by Crippen LogP contribution is 2.72. The summed E-state index contributed by atoms with van der Waals surface area (Å²) in [5.41, 5.74) is 0.379. The molecule has 0 aliphatic heterocycles. The second-order valence-corrected chi connectivity index (χ2v) is 13.5. The minimum Gasteiger partial charge on any atom is -0.392 e. The molecule has 0 aromatic heterocycles. The van der Waals surface area contributed by atoms with Crippen molar-refractivity contribution in [1.82, 2.24) is 0 Å². The average Bonchev–Trinajstić information content (AvgIpc) is 2.31. The third-order valence-corrected chi connectivity index (χ3v) is 14.5. The van der Waals surface area contributed by atoms with Gasteiger partial charge in [-0.25, -0.2) is 0 Å². The first-order valence-electron chi connectivity index (χ1n) is 7.98. The van der Waals surface area contributed by atoms with Crippen LogP contribution in [0.1, 0.15) is 54.4 Å². The Morgan fingerprint density at radius 2 is 1.56 bits per heavy atom. The third kappa shape index (κ3) is 1.48. The summed E-state index contributed by atoms with van der Waals surface area (Å²) in [7, 11) is -1.26. The van der Waals surface area contributed by atoms with Crippen LogP contribution in [0.3, 0.4) is 0 Å². The number of hydrogen-bond acceptors (Lipinski definition) is 1. The maximum Gasteiger partial charge on any atom is 0.0609 e. The lowest BCUT2D eigenvalue weighted by atomic mass is 9.43. The molecule has 3 fully saturated rings. The second kappa shape index (κ2) is 4.34. The molecule has 1 N–H and O–H groups in total. The van der Waals surface area contributed by atoms with Gasteiger partial charge in [-0.15, -0.1) is 0 Å². The number of aliphatic hydroxyl groups is 1. The lowest BCUT2D eigenvalue weighted by Crippen LogP contribution is -2.69. The van der Waals surface area contributed by atoms with Crippen LogP contribution in [-0.4, -0.2) is 19.3 Å². The van der Waals surface area contributed by atoms with Gasteiger partial charge in [0.1, 0.15) is 0 Å². The minimum absolute atomic E-state index is 0.00438. The molecule has 3 aliphatic rings. The Hall–Kier alpha value is 0.177. The number of aliphatic hydroxyl groups excluding tert-OH is 1. The van der Waals surface area contributed by atoms with E-state index in [9.17, 15) is 5.11 Å². The van der Waals surface area contributed by atoms with Gasteiger partial charge in [-0.2, -0.15) is 0 Å². The predicted octanol–water partition coefficient (Wildman–Crippen LogP) is 4.68. The predicted molar refractivity (Wildman–Crippen MR) is 81.6 cm³/mol. The summed E-state index contributed by atoms with van der Waals surface area (Å²) in [6.07, 6.45) is 2.63. The molecule has 1 nitrogen and oxygen atoms in total. The van der Waals surface area contributed by atoms with Crippen LogP contribution in [0.2, 0.25) is 23.2 Å². The molecule has 0 spiro atoms. The van der Waals surface area contributed by atoms with Crippen molar-refractivity contribution in [1.29, 1.82) is 0 Å². The molecular formula is C16H32OSi. The summed E-state index contributed by atoms with van der Waals surface area (Å²) in [6.45, 7) is 14.6. The van der Waals surface area contributed by atoms with Gasteiger partial charge in [0, 0.05) is 0 Å². The van der Waals surface area contributed by atoms with E-state index in [1.165, 1.54) is 31.0 Å². The zero-order valence-corrected chi connectivity index (χ0v) is 14.2. The van der Waals surface area contributed by atoms with E-state index in [0.29, 0.717) is 22.3 Å². The summed E-state index contributed by atoms with van der Waals surface area (Å²) in [6, 6.07) is 4.17. The van der Waals surface area contributed by atoms with Crippen molar-refractivity contribution in [3.05, 3.63) is 0 Å². The highest BCUT2D eigenvalue weighted by Gasteiger charge is 2.69. The van der Waals surface area contributed by atoms with Crippen LogP contribution in [0.25, 0.3) is 0 Å². The van der Waals surface area contributed by atoms with Crippen LogP contribution in [0, 0.1) is 17.3 Å². The molecule has 18 heavy (non-hydrogen) atoms. The Morgan fingerprint density at radius 1 is 1.06 bits per heavy atom. The molecule has 3 saturated carbocycles. The number of rotatable bonds is 4. The summed E-state index contributed by atoms with van der Waals surface area (Å²) in [5.74, 6) is 1.14. The molecule has 3 aliphatic carbocycles. The van der Waals surface area contributed by atoms with Crippen LogP contribution >= 0.6 is 0 Å². The van der Waals surface area contributed by atoms with Crippen molar-refractivity contribution in [2.24, 2.45) is 17.3 Å². The highest BCUT2D eigenvalue weighted by atomic mass is 28.3. The molecule has 0 heterocycles. The molecule has 0 amide bonds. The fourth-order valence-corrected chi connectivity index (χ4v) is 11.9. The fourth-order valence-electron chi connectivity index (χ4n) is 6.13. The number of hydrogen-bond donors (Lipinski definition) is 1.